The highest BCUT2D eigenvalue weighted by atomic mass is 32.1. The van der Waals surface area contributed by atoms with Gasteiger partial charge in [-0.2, -0.15) is 18.2 Å². The minimum atomic E-state index is -5.27. The molecule has 1 aromatic carbocycles. The summed E-state index contributed by atoms with van der Waals surface area (Å²) in [6.45, 7) is 2.34. The Morgan fingerprint density at radius 2 is 2.03 bits per heavy atom. The predicted octanol–water partition coefficient (Wildman–Crippen LogP) is 2.84. The summed E-state index contributed by atoms with van der Waals surface area (Å²) in [5.74, 6) is -3.57. The van der Waals surface area contributed by atoms with Crippen LogP contribution in [0.25, 0.3) is 21.7 Å². The second kappa shape index (κ2) is 6.91. The van der Waals surface area contributed by atoms with Gasteiger partial charge in [-0.15, -0.1) is 11.3 Å². The molecule has 0 spiro atoms. The predicted molar refractivity (Wildman–Crippen MR) is 104 cm³/mol. The van der Waals surface area contributed by atoms with E-state index in [1.807, 2.05) is 4.90 Å². The molecule has 2 atom stereocenters. The van der Waals surface area contributed by atoms with E-state index in [-0.39, 0.29) is 16.7 Å². The lowest BCUT2D eigenvalue weighted by molar-refractivity contribution is -0.358. The third-order valence-corrected chi connectivity index (χ3v) is 6.55. The van der Waals surface area contributed by atoms with Crippen molar-refractivity contribution in [2.75, 3.05) is 24.5 Å². The minimum Gasteiger partial charge on any atom is -0.423 e. The number of nitrogens with one attached hydrogen (secondary N) is 1. The molecule has 11 heteroatoms. The van der Waals surface area contributed by atoms with Gasteiger partial charge in [0.2, 0.25) is 0 Å². The summed E-state index contributed by atoms with van der Waals surface area (Å²) in [6.07, 6.45) is -1.60. The number of benzene rings is 1. The molecular weight excluding hydrogens is 421 g/mol. The Balaban J connectivity index is 1.64. The molecule has 2 unspecified atom stereocenters. The maximum absolute atomic E-state index is 13.3. The topological polar surface area (TPSA) is 94.7 Å². The number of hydrogen-bond donors (Lipinski definition) is 3. The van der Waals surface area contributed by atoms with E-state index in [4.69, 9.17) is 4.42 Å². The van der Waals surface area contributed by atoms with Gasteiger partial charge in [0.1, 0.15) is 10.5 Å². The summed E-state index contributed by atoms with van der Waals surface area (Å²) in [7, 11) is 0. The number of fused-ring (bicyclic) bond motifs is 5. The monoisotopic (exact) mass is 440 g/mol. The second-order valence-electron chi connectivity index (χ2n) is 7.83. The summed E-state index contributed by atoms with van der Waals surface area (Å²) in [5, 5.41) is 25.2. The van der Waals surface area contributed by atoms with Crippen molar-refractivity contribution >= 4 is 28.5 Å². The quantitative estimate of drug-likeness (QED) is 0.539. The first kappa shape index (κ1) is 19.7. The zero-order valence-corrected chi connectivity index (χ0v) is 16.5. The molecule has 3 aromatic rings. The minimum absolute atomic E-state index is 0.119. The molecule has 3 aliphatic rings. The highest BCUT2D eigenvalue weighted by Gasteiger charge is 2.54. The largest absolute Gasteiger partial charge is 0.447 e. The van der Waals surface area contributed by atoms with Crippen LogP contribution in [0.1, 0.15) is 18.4 Å². The van der Waals surface area contributed by atoms with Gasteiger partial charge in [0, 0.05) is 36.3 Å². The number of anilines is 1. The smallest absolute Gasteiger partial charge is 0.423 e. The van der Waals surface area contributed by atoms with Crippen LogP contribution in [0.2, 0.25) is 0 Å². The van der Waals surface area contributed by atoms with E-state index < -0.39 is 17.5 Å². The van der Waals surface area contributed by atoms with E-state index in [9.17, 15) is 23.4 Å². The highest BCUT2D eigenvalue weighted by Crippen LogP contribution is 2.42. The molecule has 3 fully saturated rings. The number of alkyl halides is 3. The van der Waals surface area contributed by atoms with Crippen molar-refractivity contribution < 1.29 is 27.8 Å². The summed E-state index contributed by atoms with van der Waals surface area (Å²) >= 11 is 1.21. The molecule has 3 aliphatic heterocycles. The van der Waals surface area contributed by atoms with E-state index in [0.717, 1.165) is 38.1 Å². The van der Waals surface area contributed by atoms with Crippen LogP contribution in [0.5, 0.6) is 0 Å². The normalized spacial score (nSPS) is 22.6. The van der Waals surface area contributed by atoms with E-state index in [2.05, 4.69) is 15.3 Å². The van der Waals surface area contributed by atoms with Crippen LogP contribution in [0, 0.1) is 5.92 Å². The van der Waals surface area contributed by atoms with Crippen molar-refractivity contribution in [3.8, 4) is 10.6 Å². The van der Waals surface area contributed by atoms with Crippen molar-refractivity contribution in [2.45, 2.75) is 30.8 Å². The number of oxazole rings is 1. The van der Waals surface area contributed by atoms with Gasteiger partial charge >= 0.3 is 6.18 Å². The molecule has 0 aliphatic carbocycles. The Morgan fingerprint density at radius 1 is 1.20 bits per heavy atom. The van der Waals surface area contributed by atoms with Crippen molar-refractivity contribution in [1.29, 1.82) is 0 Å². The van der Waals surface area contributed by atoms with Crippen LogP contribution in [-0.4, -0.2) is 52.0 Å². The molecule has 0 radical (unpaired) electrons. The first-order valence-electron chi connectivity index (χ1n) is 9.57. The summed E-state index contributed by atoms with van der Waals surface area (Å²) < 4.78 is 45.8. The van der Waals surface area contributed by atoms with Gasteiger partial charge in [0.15, 0.2) is 5.58 Å². The molecule has 2 aromatic heterocycles. The van der Waals surface area contributed by atoms with Gasteiger partial charge in [-0.05, 0) is 37.4 Å². The third kappa shape index (κ3) is 3.25. The van der Waals surface area contributed by atoms with E-state index in [1.54, 1.807) is 5.38 Å². The van der Waals surface area contributed by atoms with Crippen molar-refractivity contribution in [2.24, 2.45) is 5.92 Å². The lowest BCUT2D eigenvalue weighted by Gasteiger charge is -2.25. The first-order valence-corrected chi connectivity index (χ1v) is 10.4. The Labute approximate surface area is 173 Å². The Kier molecular flexibility index (Phi) is 4.54. The molecule has 3 N–H and O–H groups in total. The molecule has 5 heterocycles. The Morgan fingerprint density at radius 3 is 2.70 bits per heavy atom. The molecule has 160 valence electrons. The van der Waals surface area contributed by atoms with Crippen molar-refractivity contribution in [3.63, 3.8) is 0 Å². The van der Waals surface area contributed by atoms with E-state index >= 15 is 0 Å². The maximum atomic E-state index is 13.3. The number of thiazole rings is 1. The van der Waals surface area contributed by atoms with Gasteiger partial charge in [0.25, 0.3) is 11.8 Å². The molecule has 7 nitrogen and oxygen atoms in total. The number of rotatable bonds is 3. The van der Waals surface area contributed by atoms with Crippen LogP contribution in [0.4, 0.5) is 19.2 Å². The molecule has 0 saturated carbocycles. The number of piperidine rings is 1. The van der Waals surface area contributed by atoms with Crippen LogP contribution in [-0.2, 0) is 5.79 Å². The SMILES string of the molecule is OC(O)(c1cc(-c2nccs2)c2oc(N3CC4CCC(C3)NC4)nc2c1)C(F)(F)F. The molecule has 6 rings (SSSR count). The lowest BCUT2D eigenvalue weighted by atomic mass is 9.97. The van der Waals surface area contributed by atoms with Gasteiger partial charge in [0.05, 0.1) is 5.56 Å². The third-order valence-electron chi connectivity index (χ3n) is 5.75. The summed E-state index contributed by atoms with van der Waals surface area (Å²) in [5.41, 5.74) is -0.103. The fraction of sp³-hybridized carbons (Fsp3) is 0.474. The van der Waals surface area contributed by atoms with Crippen molar-refractivity contribution in [3.05, 3.63) is 29.3 Å². The van der Waals surface area contributed by atoms with Gasteiger partial charge < -0.3 is 24.8 Å². The molecular formula is C19H19F3N4O3S. The molecule has 3 saturated heterocycles. The first-order chi connectivity index (χ1) is 14.2. The summed E-state index contributed by atoms with van der Waals surface area (Å²) in [4.78, 5) is 10.6. The van der Waals surface area contributed by atoms with E-state index in [0.29, 0.717) is 29.5 Å². The lowest BCUT2D eigenvalue weighted by Crippen LogP contribution is -2.42. The Hall–Kier alpha value is -2.21. The fourth-order valence-electron chi connectivity index (χ4n) is 4.13. The number of aromatic nitrogens is 2. The zero-order chi connectivity index (χ0) is 21.1. The van der Waals surface area contributed by atoms with Gasteiger partial charge in [-0.3, -0.25) is 0 Å². The van der Waals surface area contributed by atoms with E-state index in [1.165, 1.54) is 17.5 Å². The number of halogens is 3. The van der Waals surface area contributed by atoms with Crippen LogP contribution >= 0.6 is 11.3 Å². The summed E-state index contributed by atoms with van der Waals surface area (Å²) in [6, 6.07) is 2.68. The second-order valence-corrected chi connectivity index (χ2v) is 8.72. The van der Waals surface area contributed by atoms with Crippen molar-refractivity contribution in [1.82, 2.24) is 15.3 Å². The average molecular weight is 440 g/mol. The molecule has 30 heavy (non-hydrogen) atoms. The Bertz CT molecular complexity index is 1050. The standard InChI is InChI=1S/C19H19F3N4O3S/c20-19(21,22)18(27,28)11-5-13(16-23-3-4-30-16)15-14(6-11)25-17(29-15)26-8-10-1-2-12(9-26)24-7-10/h3-6,10,12,24,27-28H,1-2,7-9H2. The maximum Gasteiger partial charge on any atom is 0.447 e. The fourth-order valence-corrected chi connectivity index (χ4v) is 4.78. The molecule has 2 bridgehead atoms. The van der Waals surface area contributed by atoms with Crippen LogP contribution < -0.4 is 10.2 Å². The average Bonchev–Trinajstić information content (AvgIpc) is 3.28. The number of hydrogen-bond acceptors (Lipinski definition) is 8. The number of nitrogens with zero attached hydrogens (tertiary/aromatic N) is 3. The van der Waals surface area contributed by atoms with Gasteiger partial charge in [-0.1, -0.05) is 0 Å². The highest BCUT2D eigenvalue weighted by molar-refractivity contribution is 7.13. The zero-order valence-electron chi connectivity index (χ0n) is 15.7. The van der Waals surface area contributed by atoms with Crippen LogP contribution in [0.3, 0.4) is 0 Å². The molecule has 0 amide bonds. The van der Waals surface area contributed by atoms with Crippen LogP contribution in [0.15, 0.2) is 28.1 Å². The number of aliphatic hydroxyl groups is 2. The van der Waals surface area contributed by atoms with Gasteiger partial charge in [-0.25, -0.2) is 4.98 Å².